The van der Waals surface area contributed by atoms with Gasteiger partial charge in [-0.05, 0) is 63.2 Å². The molecule has 0 radical (unpaired) electrons. The lowest BCUT2D eigenvalue weighted by Gasteiger charge is -2.35. The van der Waals surface area contributed by atoms with Gasteiger partial charge in [-0.3, -0.25) is 9.59 Å². The molecule has 2 aromatic heterocycles. The molecule has 2 aliphatic rings. The third kappa shape index (κ3) is 4.65. The van der Waals surface area contributed by atoms with Gasteiger partial charge in [0, 0.05) is 29.5 Å². The van der Waals surface area contributed by atoms with Gasteiger partial charge in [-0.15, -0.1) is 0 Å². The molecule has 2 aliphatic heterocycles. The van der Waals surface area contributed by atoms with Crippen LogP contribution in [0.4, 0.5) is 0 Å². The zero-order valence-corrected chi connectivity index (χ0v) is 23.6. The Morgan fingerprint density at radius 3 is 2.67 bits per heavy atom. The predicted octanol–water partition coefficient (Wildman–Crippen LogP) is 4.97. The van der Waals surface area contributed by atoms with Crippen molar-refractivity contribution in [2.75, 3.05) is 14.1 Å². The Bertz CT molecular complexity index is 1520. The van der Waals surface area contributed by atoms with Crippen molar-refractivity contribution in [1.29, 1.82) is 0 Å². The molecule has 0 saturated heterocycles. The van der Waals surface area contributed by atoms with Crippen molar-refractivity contribution < 1.29 is 19.1 Å². The van der Waals surface area contributed by atoms with Gasteiger partial charge < -0.3 is 18.9 Å². The normalized spacial score (nSPS) is 17.6. The summed E-state index contributed by atoms with van der Waals surface area (Å²) in [5.74, 6) is -1.08. The van der Waals surface area contributed by atoms with Crippen LogP contribution in [0.2, 0.25) is 0 Å². The van der Waals surface area contributed by atoms with Gasteiger partial charge in [0.2, 0.25) is 5.60 Å². The van der Waals surface area contributed by atoms with Crippen LogP contribution in [0.25, 0.3) is 22.3 Å². The number of pyridine rings is 2. The number of cyclic esters (lactones) is 1. The SMILES string of the molecule is CCCCCCC(=O)O[C@]1(CC)C(=O)OCc2c1cc1n(c2=O)Cc2cc3c(CN(C)C)c(C)ccc3nc2-1. The van der Waals surface area contributed by atoms with E-state index < -0.39 is 17.5 Å². The molecule has 0 N–H and O–H groups in total. The molecule has 0 bridgehead atoms. The van der Waals surface area contributed by atoms with E-state index in [1.165, 1.54) is 11.1 Å². The molecule has 8 nitrogen and oxygen atoms in total. The number of esters is 2. The molecule has 0 saturated carbocycles. The van der Waals surface area contributed by atoms with Crippen LogP contribution in [0, 0.1) is 6.92 Å². The van der Waals surface area contributed by atoms with Crippen LogP contribution in [-0.2, 0) is 44.4 Å². The second-order valence-corrected chi connectivity index (χ2v) is 11.0. The lowest BCUT2D eigenvalue weighted by Crippen LogP contribution is -2.47. The Morgan fingerprint density at radius 1 is 1.15 bits per heavy atom. The molecule has 8 heteroatoms. The van der Waals surface area contributed by atoms with Gasteiger partial charge in [0.05, 0.1) is 29.0 Å². The van der Waals surface area contributed by atoms with E-state index >= 15 is 0 Å². The number of unbranched alkanes of at least 4 members (excludes halogenated alkanes) is 3. The number of hydrogen-bond donors (Lipinski definition) is 0. The molecule has 4 heterocycles. The third-order valence-corrected chi connectivity index (χ3v) is 8.00. The summed E-state index contributed by atoms with van der Waals surface area (Å²) in [5, 5.41) is 1.08. The second-order valence-electron chi connectivity index (χ2n) is 11.0. The molecule has 0 aliphatic carbocycles. The Labute approximate surface area is 228 Å². The number of carbonyl (C=O) groups is 2. The highest BCUT2D eigenvalue weighted by atomic mass is 16.6. The van der Waals surface area contributed by atoms with Crippen molar-refractivity contribution in [1.82, 2.24) is 14.5 Å². The van der Waals surface area contributed by atoms with Gasteiger partial charge in [-0.25, -0.2) is 9.78 Å². The van der Waals surface area contributed by atoms with E-state index in [4.69, 9.17) is 14.5 Å². The largest absolute Gasteiger partial charge is 0.457 e. The minimum absolute atomic E-state index is 0.138. The summed E-state index contributed by atoms with van der Waals surface area (Å²) in [6, 6.07) is 8.05. The number of hydrogen-bond acceptors (Lipinski definition) is 7. The highest BCUT2D eigenvalue weighted by molar-refractivity contribution is 5.89. The van der Waals surface area contributed by atoms with Gasteiger partial charge in [-0.1, -0.05) is 39.2 Å². The van der Waals surface area contributed by atoms with Crippen molar-refractivity contribution in [2.24, 2.45) is 0 Å². The fraction of sp³-hybridized carbons (Fsp3) is 0.484. The smallest absolute Gasteiger partial charge is 0.355 e. The number of benzene rings is 1. The Balaban J connectivity index is 1.60. The maximum atomic E-state index is 13.8. The van der Waals surface area contributed by atoms with Crippen LogP contribution < -0.4 is 5.56 Å². The Morgan fingerprint density at radius 2 is 1.95 bits per heavy atom. The van der Waals surface area contributed by atoms with Crippen LogP contribution in [0.15, 0.2) is 29.1 Å². The van der Waals surface area contributed by atoms with E-state index in [1.54, 1.807) is 11.5 Å². The van der Waals surface area contributed by atoms with Crippen LogP contribution >= 0.6 is 0 Å². The molecular weight excluding hydrogens is 494 g/mol. The first kappa shape index (κ1) is 27.1. The number of fused-ring (bicyclic) bond motifs is 5. The minimum Gasteiger partial charge on any atom is -0.457 e. The first-order valence-corrected chi connectivity index (χ1v) is 13.9. The van der Waals surface area contributed by atoms with Crippen molar-refractivity contribution in [3.63, 3.8) is 0 Å². The number of ether oxygens (including phenoxy) is 2. The van der Waals surface area contributed by atoms with Crippen molar-refractivity contribution >= 4 is 22.8 Å². The van der Waals surface area contributed by atoms with Gasteiger partial charge in [0.25, 0.3) is 5.56 Å². The van der Waals surface area contributed by atoms with Crippen LogP contribution in [0.1, 0.15) is 80.2 Å². The lowest BCUT2D eigenvalue weighted by atomic mass is 9.85. The average molecular weight is 532 g/mol. The summed E-state index contributed by atoms with van der Waals surface area (Å²) in [4.78, 5) is 47.0. The average Bonchev–Trinajstić information content (AvgIpc) is 3.27. The minimum atomic E-state index is -1.64. The molecule has 206 valence electrons. The fourth-order valence-electron chi connectivity index (χ4n) is 5.85. The maximum absolute atomic E-state index is 13.8. The summed E-state index contributed by atoms with van der Waals surface area (Å²) in [6.07, 6.45) is 4.11. The summed E-state index contributed by atoms with van der Waals surface area (Å²) >= 11 is 0. The quantitative estimate of drug-likeness (QED) is 0.222. The highest BCUT2D eigenvalue weighted by Crippen LogP contribution is 2.41. The molecule has 1 aromatic carbocycles. The first-order chi connectivity index (χ1) is 18.7. The third-order valence-electron chi connectivity index (χ3n) is 8.00. The highest BCUT2D eigenvalue weighted by Gasteiger charge is 2.50. The van der Waals surface area contributed by atoms with Gasteiger partial charge in [0.15, 0.2) is 0 Å². The topological polar surface area (TPSA) is 90.7 Å². The van der Waals surface area contributed by atoms with Crippen LogP contribution in [-0.4, -0.2) is 40.5 Å². The van der Waals surface area contributed by atoms with Crippen molar-refractivity contribution in [3.8, 4) is 11.4 Å². The Kier molecular flexibility index (Phi) is 7.33. The zero-order valence-electron chi connectivity index (χ0n) is 23.6. The van der Waals surface area contributed by atoms with Gasteiger partial charge in [0.1, 0.15) is 6.61 Å². The maximum Gasteiger partial charge on any atom is 0.355 e. The summed E-state index contributed by atoms with van der Waals surface area (Å²) < 4.78 is 13.0. The number of rotatable bonds is 9. The summed E-state index contributed by atoms with van der Waals surface area (Å²) in [7, 11) is 4.08. The molecule has 5 rings (SSSR count). The van der Waals surface area contributed by atoms with Crippen LogP contribution in [0.5, 0.6) is 0 Å². The predicted molar refractivity (Wildman–Crippen MR) is 149 cm³/mol. The zero-order chi connectivity index (χ0) is 27.9. The van der Waals surface area contributed by atoms with E-state index in [0.29, 0.717) is 29.8 Å². The van der Waals surface area contributed by atoms with E-state index in [0.717, 1.165) is 48.0 Å². The fourth-order valence-corrected chi connectivity index (χ4v) is 5.85. The molecule has 0 fully saturated rings. The second kappa shape index (κ2) is 10.6. The molecule has 0 amide bonds. The molecule has 0 spiro atoms. The van der Waals surface area contributed by atoms with E-state index in [9.17, 15) is 14.4 Å². The van der Waals surface area contributed by atoms with Gasteiger partial charge >= 0.3 is 11.9 Å². The van der Waals surface area contributed by atoms with E-state index in [1.807, 2.05) is 26.2 Å². The molecule has 0 unspecified atom stereocenters. The lowest BCUT2D eigenvalue weighted by molar-refractivity contribution is -0.189. The number of carbonyl (C=O) groups excluding carboxylic acids is 2. The summed E-state index contributed by atoms with van der Waals surface area (Å²) in [6.45, 7) is 7.02. The van der Waals surface area contributed by atoms with Crippen molar-refractivity contribution in [2.45, 2.75) is 84.6 Å². The summed E-state index contributed by atoms with van der Waals surface area (Å²) in [5.41, 5.74) is 4.48. The monoisotopic (exact) mass is 531 g/mol. The number of aromatic nitrogens is 2. The molecule has 1 atom stereocenters. The standard InChI is InChI=1S/C31H37N3O5/c1-6-8-9-10-11-27(35)39-31(7-2)24-15-26-28-20(16-34(26)29(36)23(24)18-38-30(31)37)14-21-22(17-33(4)5)19(3)12-13-25(21)32-28/h12-15H,6-11,16-18H2,1-5H3/t31-/m0/s1. The van der Waals surface area contributed by atoms with E-state index in [-0.39, 0.29) is 25.0 Å². The first-order valence-electron chi connectivity index (χ1n) is 13.9. The molecular formula is C31H37N3O5. The van der Waals surface area contributed by atoms with Crippen molar-refractivity contribution in [3.05, 3.63) is 62.4 Å². The number of aryl methyl sites for hydroxylation is 1. The number of nitrogens with zero attached hydrogens (tertiary/aromatic N) is 3. The Hall–Kier alpha value is -3.52. The molecule has 39 heavy (non-hydrogen) atoms. The van der Waals surface area contributed by atoms with Crippen LogP contribution in [0.3, 0.4) is 0 Å². The van der Waals surface area contributed by atoms with Gasteiger partial charge in [-0.2, -0.15) is 0 Å². The van der Waals surface area contributed by atoms with E-state index in [2.05, 4.69) is 30.9 Å². The molecule has 3 aromatic rings.